The van der Waals surface area contributed by atoms with E-state index < -0.39 is 30.6 Å². The Balaban J connectivity index is 1.49. The molecular formula is C28H30N2O6S. The molecule has 3 atom stereocenters. The zero-order chi connectivity index (χ0) is 26.0. The molecule has 2 N–H and O–H groups in total. The molecule has 4 rings (SSSR count). The summed E-state index contributed by atoms with van der Waals surface area (Å²) in [5.74, 6) is -0.871. The number of amides is 1. The van der Waals surface area contributed by atoms with E-state index in [1.54, 1.807) is 12.3 Å². The van der Waals surface area contributed by atoms with Crippen molar-refractivity contribution < 1.29 is 28.6 Å². The molecule has 3 unspecified atom stereocenters. The van der Waals surface area contributed by atoms with E-state index >= 15 is 0 Å². The van der Waals surface area contributed by atoms with Crippen molar-refractivity contribution in [1.82, 2.24) is 10.2 Å². The van der Waals surface area contributed by atoms with Gasteiger partial charge >= 0.3 is 11.9 Å². The molecule has 0 saturated carbocycles. The van der Waals surface area contributed by atoms with Crippen LogP contribution in [-0.4, -0.2) is 58.8 Å². The molecule has 1 aromatic heterocycles. The highest BCUT2D eigenvalue weighted by molar-refractivity contribution is 7.99. The minimum Gasteiger partial charge on any atom is -0.480 e. The molecule has 3 aromatic rings. The number of carboxylic acids is 1. The number of aliphatic carboxylic acids is 1. The van der Waals surface area contributed by atoms with Gasteiger partial charge in [-0.3, -0.25) is 19.7 Å². The van der Waals surface area contributed by atoms with E-state index in [0.717, 1.165) is 11.1 Å². The first kappa shape index (κ1) is 26.5. The monoisotopic (exact) mass is 522 g/mol. The number of carbonyl (C=O) groups is 3. The Bertz CT molecular complexity index is 1160. The fourth-order valence-electron chi connectivity index (χ4n) is 4.22. The highest BCUT2D eigenvalue weighted by Crippen LogP contribution is 2.33. The molecule has 2 heterocycles. The van der Waals surface area contributed by atoms with Crippen LogP contribution in [-0.2, 0) is 32.1 Å². The number of esters is 1. The van der Waals surface area contributed by atoms with Crippen LogP contribution >= 0.6 is 11.8 Å². The molecule has 1 aliphatic rings. The van der Waals surface area contributed by atoms with Crippen LogP contribution in [0.5, 0.6) is 0 Å². The highest BCUT2D eigenvalue weighted by atomic mass is 32.2. The maximum absolute atomic E-state index is 13.4. The van der Waals surface area contributed by atoms with Gasteiger partial charge in [0.1, 0.15) is 25.0 Å². The van der Waals surface area contributed by atoms with E-state index in [1.165, 1.54) is 16.7 Å². The standard InChI is InChI=1S/C28H30N2O6S/c31-26(32)17-30-16-25(24-12-7-15-35-24)37-19-23(27(30)33)29-22(14-13-20-8-3-1-4-9-20)28(34)36-18-21-10-5-2-6-11-21/h1-12,15,22-23,25,29H,13-14,16-19H2,(H,31,32). The van der Waals surface area contributed by atoms with Gasteiger partial charge in [-0.1, -0.05) is 60.7 Å². The molecule has 0 aliphatic carbocycles. The van der Waals surface area contributed by atoms with E-state index in [1.807, 2.05) is 66.7 Å². The molecule has 37 heavy (non-hydrogen) atoms. The van der Waals surface area contributed by atoms with Gasteiger partial charge in [0.05, 0.1) is 17.6 Å². The molecule has 1 saturated heterocycles. The molecule has 0 bridgehead atoms. The summed E-state index contributed by atoms with van der Waals surface area (Å²) in [6, 6.07) is 21.3. The third-order valence-corrected chi connectivity index (χ3v) is 7.43. The predicted molar refractivity (Wildman–Crippen MR) is 140 cm³/mol. The number of aryl methyl sites for hydroxylation is 1. The smallest absolute Gasteiger partial charge is 0.323 e. The molecule has 1 aliphatic heterocycles. The average Bonchev–Trinajstić information content (AvgIpc) is 3.41. The van der Waals surface area contributed by atoms with Crippen molar-refractivity contribution >= 4 is 29.6 Å². The van der Waals surface area contributed by atoms with Crippen LogP contribution in [0, 0.1) is 0 Å². The van der Waals surface area contributed by atoms with Crippen molar-refractivity contribution in [2.24, 2.45) is 0 Å². The topological polar surface area (TPSA) is 109 Å². The Morgan fingerprint density at radius 2 is 1.76 bits per heavy atom. The number of benzene rings is 2. The quantitative estimate of drug-likeness (QED) is 0.367. The fourth-order valence-corrected chi connectivity index (χ4v) is 5.46. The Morgan fingerprint density at radius 3 is 2.41 bits per heavy atom. The number of carbonyl (C=O) groups excluding carboxylic acids is 2. The summed E-state index contributed by atoms with van der Waals surface area (Å²) >= 11 is 1.50. The number of ether oxygens (including phenoxy) is 1. The molecule has 8 nitrogen and oxygen atoms in total. The first-order valence-corrected chi connectivity index (χ1v) is 13.2. The molecule has 1 amide bonds. The minimum atomic E-state index is -1.10. The third kappa shape index (κ3) is 7.71. The summed E-state index contributed by atoms with van der Waals surface area (Å²) in [5, 5.41) is 12.4. The lowest BCUT2D eigenvalue weighted by atomic mass is 10.0. The average molecular weight is 523 g/mol. The second-order valence-corrected chi connectivity index (χ2v) is 10.1. The first-order chi connectivity index (χ1) is 18.0. The Hall–Kier alpha value is -3.56. The van der Waals surface area contributed by atoms with Crippen LogP contribution in [0.1, 0.15) is 28.6 Å². The van der Waals surface area contributed by atoms with Crippen molar-refractivity contribution in [1.29, 1.82) is 0 Å². The maximum atomic E-state index is 13.4. The molecular weight excluding hydrogens is 492 g/mol. The Labute approximate surface area is 220 Å². The fraction of sp³-hybridized carbons (Fsp3) is 0.321. The predicted octanol–water partition coefficient (Wildman–Crippen LogP) is 3.68. The maximum Gasteiger partial charge on any atom is 0.323 e. The van der Waals surface area contributed by atoms with Crippen molar-refractivity contribution in [2.75, 3.05) is 18.8 Å². The van der Waals surface area contributed by atoms with Crippen LogP contribution in [0.2, 0.25) is 0 Å². The normalized spacial score (nSPS) is 18.7. The lowest BCUT2D eigenvalue weighted by Gasteiger charge is -2.26. The van der Waals surface area contributed by atoms with Gasteiger partial charge in [0.15, 0.2) is 0 Å². The number of rotatable bonds is 11. The van der Waals surface area contributed by atoms with Crippen molar-refractivity contribution in [3.05, 3.63) is 95.9 Å². The largest absolute Gasteiger partial charge is 0.480 e. The van der Waals surface area contributed by atoms with Crippen molar-refractivity contribution in [3.63, 3.8) is 0 Å². The van der Waals surface area contributed by atoms with E-state index in [-0.39, 0.29) is 24.3 Å². The zero-order valence-electron chi connectivity index (χ0n) is 20.3. The van der Waals surface area contributed by atoms with E-state index in [2.05, 4.69) is 5.32 Å². The second-order valence-electron chi connectivity index (χ2n) is 8.84. The van der Waals surface area contributed by atoms with Gasteiger partial charge in [-0.2, -0.15) is 0 Å². The number of hydrogen-bond acceptors (Lipinski definition) is 7. The molecule has 1 fully saturated rings. The van der Waals surface area contributed by atoms with Crippen molar-refractivity contribution in [3.8, 4) is 0 Å². The lowest BCUT2D eigenvalue weighted by Crippen LogP contribution is -2.53. The lowest BCUT2D eigenvalue weighted by molar-refractivity contribution is -0.149. The number of carboxylic acid groups (broad SMARTS) is 1. The van der Waals surface area contributed by atoms with Crippen LogP contribution < -0.4 is 5.32 Å². The number of hydrogen-bond donors (Lipinski definition) is 2. The number of nitrogens with zero attached hydrogens (tertiary/aromatic N) is 1. The van der Waals surface area contributed by atoms with Gasteiger partial charge in [0.2, 0.25) is 5.91 Å². The summed E-state index contributed by atoms with van der Waals surface area (Å²) in [5.41, 5.74) is 1.93. The van der Waals surface area contributed by atoms with Crippen LogP contribution in [0.15, 0.2) is 83.5 Å². The second kappa shape index (κ2) is 13.1. The molecule has 194 valence electrons. The summed E-state index contributed by atoms with van der Waals surface area (Å²) in [4.78, 5) is 39.4. The summed E-state index contributed by atoms with van der Waals surface area (Å²) in [6.45, 7) is -0.0984. The van der Waals surface area contributed by atoms with E-state index in [4.69, 9.17) is 9.15 Å². The van der Waals surface area contributed by atoms with Crippen LogP contribution in [0.25, 0.3) is 0 Å². The molecule has 9 heteroatoms. The van der Waals surface area contributed by atoms with Crippen LogP contribution in [0.3, 0.4) is 0 Å². The number of furan rings is 1. The van der Waals surface area contributed by atoms with Gasteiger partial charge in [0.25, 0.3) is 0 Å². The van der Waals surface area contributed by atoms with E-state index in [0.29, 0.717) is 24.4 Å². The van der Waals surface area contributed by atoms with Crippen LogP contribution in [0.4, 0.5) is 0 Å². The van der Waals surface area contributed by atoms with Crippen molar-refractivity contribution in [2.45, 2.75) is 36.8 Å². The Morgan fingerprint density at radius 1 is 1.05 bits per heavy atom. The zero-order valence-corrected chi connectivity index (χ0v) is 21.1. The van der Waals surface area contributed by atoms with Gasteiger partial charge in [-0.25, -0.2) is 0 Å². The summed E-state index contributed by atoms with van der Waals surface area (Å²) < 4.78 is 11.1. The highest BCUT2D eigenvalue weighted by Gasteiger charge is 2.36. The molecule has 0 spiro atoms. The summed E-state index contributed by atoms with van der Waals surface area (Å²) in [6.07, 6.45) is 2.59. The molecule has 0 radical (unpaired) electrons. The SMILES string of the molecule is O=C(O)CN1CC(c2ccco2)SCC(NC(CCc2ccccc2)C(=O)OCc2ccccc2)C1=O. The third-order valence-electron chi connectivity index (χ3n) is 6.12. The number of thioether (sulfide) groups is 1. The van der Waals surface area contributed by atoms with Gasteiger partial charge < -0.3 is 19.2 Å². The molecule has 2 aromatic carbocycles. The first-order valence-electron chi connectivity index (χ1n) is 12.2. The van der Waals surface area contributed by atoms with E-state index in [9.17, 15) is 19.5 Å². The number of nitrogens with one attached hydrogen (secondary N) is 1. The summed E-state index contributed by atoms with van der Waals surface area (Å²) in [7, 11) is 0. The Kier molecular flexibility index (Phi) is 9.40. The minimum absolute atomic E-state index is 0.127. The van der Waals surface area contributed by atoms with Gasteiger partial charge in [-0.15, -0.1) is 11.8 Å². The van der Waals surface area contributed by atoms with Gasteiger partial charge in [-0.05, 0) is 36.1 Å². The van der Waals surface area contributed by atoms with Gasteiger partial charge in [0, 0.05) is 12.3 Å².